The predicted molar refractivity (Wildman–Crippen MR) is 91.3 cm³/mol. The third-order valence-electron chi connectivity index (χ3n) is 4.10. The molecule has 0 spiro atoms. The largest absolute Gasteiger partial charge is 0.384 e. The van der Waals surface area contributed by atoms with E-state index in [0.29, 0.717) is 16.5 Å². The van der Waals surface area contributed by atoms with Crippen molar-refractivity contribution in [2.24, 2.45) is 0 Å². The molecule has 0 radical (unpaired) electrons. The van der Waals surface area contributed by atoms with E-state index in [1.54, 1.807) is 29.5 Å². The normalized spacial score (nSPS) is 14.2. The summed E-state index contributed by atoms with van der Waals surface area (Å²) in [7, 11) is 0. The van der Waals surface area contributed by atoms with Crippen LogP contribution in [-0.2, 0) is 12.8 Å². The highest BCUT2D eigenvalue weighted by Crippen LogP contribution is 2.37. The first-order valence-corrected chi connectivity index (χ1v) is 8.43. The molecule has 0 unspecified atom stereocenters. The standard InChI is InChI=1S/C16H14ClN3OS/c17-9-4-3-5-10(8-9)20-14(18)13-11-6-1-2-7-12(11)22-15(13)19-16(20)21/h3-5,8H,1-2,6-7,18H2. The van der Waals surface area contributed by atoms with Gasteiger partial charge >= 0.3 is 5.69 Å². The lowest BCUT2D eigenvalue weighted by molar-refractivity contribution is 0.700. The third-order valence-corrected chi connectivity index (χ3v) is 5.53. The van der Waals surface area contributed by atoms with Crippen LogP contribution in [0.1, 0.15) is 23.3 Å². The Morgan fingerprint density at radius 1 is 1.27 bits per heavy atom. The highest BCUT2D eigenvalue weighted by Gasteiger charge is 2.21. The first-order chi connectivity index (χ1) is 10.6. The maximum absolute atomic E-state index is 12.4. The molecule has 2 N–H and O–H groups in total. The Balaban J connectivity index is 2.06. The number of aryl methyl sites for hydroxylation is 2. The maximum atomic E-state index is 12.4. The van der Waals surface area contributed by atoms with Gasteiger partial charge in [0.05, 0.1) is 11.1 Å². The Morgan fingerprint density at radius 2 is 2.09 bits per heavy atom. The van der Waals surface area contributed by atoms with E-state index in [4.69, 9.17) is 17.3 Å². The molecule has 2 heterocycles. The average Bonchev–Trinajstić information content (AvgIpc) is 2.85. The predicted octanol–water partition coefficient (Wildman–Crippen LogP) is 3.56. The van der Waals surface area contributed by atoms with Gasteiger partial charge in [0.1, 0.15) is 10.6 Å². The average molecular weight is 332 g/mol. The topological polar surface area (TPSA) is 60.9 Å². The molecule has 4 rings (SSSR count). The van der Waals surface area contributed by atoms with Gasteiger partial charge in [-0.1, -0.05) is 17.7 Å². The molecule has 0 saturated heterocycles. The highest BCUT2D eigenvalue weighted by molar-refractivity contribution is 7.19. The molecule has 1 aliphatic rings. The van der Waals surface area contributed by atoms with Crippen molar-refractivity contribution >= 4 is 39.0 Å². The summed E-state index contributed by atoms with van der Waals surface area (Å²) in [4.78, 5) is 18.7. The number of anilines is 1. The Hall–Kier alpha value is -1.85. The summed E-state index contributed by atoms with van der Waals surface area (Å²) < 4.78 is 1.45. The van der Waals surface area contributed by atoms with Crippen molar-refractivity contribution in [2.75, 3.05) is 5.73 Å². The van der Waals surface area contributed by atoms with Crippen LogP contribution < -0.4 is 11.4 Å². The number of fused-ring (bicyclic) bond motifs is 3. The van der Waals surface area contributed by atoms with Crippen LogP contribution in [0.4, 0.5) is 5.82 Å². The molecular formula is C16H14ClN3OS. The molecule has 1 aromatic carbocycles. The van der Waals surface area contributed by atoms with E-state index in [0.717, 1.165) is 29.5 Å². The van der Waals surface area contributed by atoms with Crippen LogP contribution in [0, 0.1) is 0 Å². The zero-order valence-corrected chi connectivity index (χ0v) is 13.4. The summed E-state index contributed by atoms with van der Waals surface area (Å²) in [6, 6.07) is 7.11. The van der Waals surface area contributed by atoms with Crippen LogP contribution in [-0.4, -0.2) is 9.55 Å². The number of nitrogens with two attached hydrogens (primary N) is 1. The van der Waals surface area contributed by atoms with Gasteiger partial charge in [-0.3, -0.25) is 0 Å². The van der Waals surface area contributed by atoms with Crippen LogP contribution in [0.2, 0.25) is 5.02 Å². The highest BCUT2D eigenvalue weighted by atomic mass is 35.5. The molecule has 4 nitrogen and oxygen atoms in total. The Morgan fingerprint density at radius 3 is 2.91 bits per heavy atom. The van der Waals surface area contributed by atoms with Gasteiger partial charge in [0.25, 0.3) is 0 Å². The second-order valence-corrected chi connectivity index (χ2v) is 7.01. The molecule has 0 amide bonds. The van der Waals surface area contributed by atoms with Crippen LogP contribution in [0.25, 0.3) is 15.9 Å². The van der Waals surface area contributed by atoms with Gasteiger partial charge in [-0.15, -0.1) is 11.3 Å². The van der Waals surface area contributed by atoms with E-state index >= 15 is 0 Å². The lowest BCUT2D eigenvalue weighted by Crippen LogP contribution is -2.24. The number of aromatic nitrogens is 2. The van der Waals surface area contributed by atoms with Crippen LogP contribution in [0.3, 0.4) is 0 Å². The second-order valence-electron chi connectivity index (χ2n) is 5.49. The zero-order chi connectivity index (χ0) is 15.3. The van der Waals surface area contributed by atoms with Crippen molar-refractivity contribution in [3.63, 3.8) is 0 Å². The molecule has 0 saturated carbocycles. The van der Waals surface area contributed by atoms with Gasteiger partial charge in [-0.2, -0.15) is 4.98 Å². The molecular weight excluding hydrogens is 318 g/mol. The SMILES string of the molecule is Nc1c2c3c(sc2nc(=O)n1-c1cccc(Cl)c1)CCCC3. The number of halogens is 1. The first-order valence-electron chi connectivity index (χ1n) is 7.24. The number of nitrogen functional groups attached to an aromatic ring is 1. The number of benzene rings is 1. The first kappa shape index (κ1) is 13.8. The Labute approximate surface area is 136 Å². The third kappa shape index (κ3) is 2.04. The van der Waals surface area contributed by atoms with Gasteiger partial charge in [-0.05, 0) is 49.4 Å². The lowest BCUT2D eigenvalue weighted by Gasteiger charge is -2.13. The molecule has 3 aromatic rings. The molecule has 1 aliphatic carbocycles. The minimum atomic E-state index is -0.356. The smallest absolute Gasteiger partial charge is 0.355 e. The number of thiophene rings is 1. The fourth-order valence-corrected chi connectivity index (χ4v) is 4.56. The number of hydrogen-bond donors (Lipinski definition) is 1. The molecule has 22 heavy (non-hydrogen) atoms. The summed E-state index contributed by atoms with van der Waals surface area (Å²) in [6.07, 6.45) is 4.42. The van der Waals surface area contributed by atoms with Crippen LogP contribution >= 0.6 is 22.9 Å². The summed E-state index contributed by atoms with van der Waals surface area (Å²) in [5, 5.41) is 1.51. The van der Waals surface area contributed by atoms with E-state index in [1.165, 1.54) is 21.4 Å². The summed E-state index contributed by atoms with van der Waals surface area (Å²) in [6.45, 7) is 0. The maximum Gasteiger partial charge on any atom is 0.355 e. The summed E-state index contributed by atoms with van der Waals surface area (Å²) in [5.41, 5.74) is 7.92. The second kappa shape index (κ2) is 5.11. The number of rotatable bonds is 1. The molecule has 2 aromatic heterocycles. The van der Waals surface area contributed by atoms with E-state index in [2.05, 4.69) is 4.98 Å². The van der Waals surface area contributed by atoms with Gasteiger partial charge in [-0.25, -0.2) is 9.36 Å². The summed E-state index contributed by atoms with van der Waals surface area (Å²) >= 11 is 7.64. The Kier molecular flexibility index (Phi) is 3.20. The lowest BCUT2D eigenvalue weighted by atomic mass is 9.97. The molecule has 112 valence electrons. The van der Waals surface area contributed by atoms with E-state index in [9.17, 15) is 4.79 Å². The molecule has 0 atom stereocenters. The van der Waals surface area contributed by atoms with Crippen LogP contribution in [0.15, 0.2) is 29.1 Å². The number of hydrogen-bond acceptors (Lipinski definition) is 4. The monoisotopic (exact) mass is 331 g/mol. The summed E-state index contributed by atoms with van der Waals surface area (Å²) in [5.74, 6) is 0.469. The van der Waals surface area contributed by atoms with Crippen molar-refractivity contribution in [2.45, 2.75) is 25.7 Å². The van der Waals surface area contributed by atoms with Crippen molar-refractivity contribution in [3.8, 4) is 5.69 Å². The fraction of sp³-hybridized carbons (Fsp3) is 0.250. The molecule has 0 fully saturated rings. The zero-order valence-electron chi connectivity index (χ0n) is 11.8. The Bertz CT molecular complexity index is 944. The molecule has 0 aliphatic heterocycles. The van der Waals surface area contributed by atoms with Crippen molar-refractivity contribution in [3.05, 3.63) is 50.2 Å². The van der Waals surface area contributed by atoms with Crippen molar-refractivity contribution < 1.29 is 0 Å². The molecule has 0 bridgehead atoms. The van der Waals surface area contributed by atoms with Gasteiger partial charge in [0.2, 0.25) is 0 Å². The minimum absolute atomic E-state index is 0.356. The van der Waals surface area contributed by atoms with Crippen molar-refractivity contribution in [1.29, 1.82) is 0 Å². The van der Waals surface area contributed by atoms with E-state index in [1.807, 2.05) is 6.07 Å². The van der Waals surface area contributed by atoms with E-state index in [-0.39, 0.29) is 5.69 Å². The van der Waals surface area contributed by atoms with Crippen LogP contribution in [0.5, 0.6) is 0 Å². The van der Waals surface area contributed by atoms with Crippen molar-refractivity contribution in [1.82, 2.24) is 9.55 Å². The van der Waals surface area contributed by atoms with Gasteiger partial charge in [0.15, 0.2) is 0 Å². The van der Waals surface area contributed by atoms with E-state index < -0.39 is 0 Å². The van der Waals surface area contributed by atoms with Gasteiger partial charge < -0.3 is 5.73 Å². The quantitative estimate of drug-likeness (QED) is 0.741. The number of nitrogens with zero attached hydrogens (tertiary/aromatic N) is 2. The minimum Gasteiger partial charge on any atom is -0.384 e. The fourth-order valence-electron chi connectivity index (χ4n) is 3.11. The molecule has 6 heteroatoms. The van der Waals surface area contributed by atoms with Gasteiger partial charge in [0, 0.05) is 9.90 Å².